The molecule has 1 aromatic heterocycles. The number of hydrogen-bond donors (Lipinski definition) is 2. The summed E-state index contributed by atoms with van der Waals surface area (Å²) in [5, 5.41) is 8.18. The number of para-hydroxylation sites is 1. The van der Waals surface area contributed by atoms with Gasteiger partial charge >= 0.3 is 5.70 Å². The molecule has 0 saturated heterocycles. The SMILES string of the molecule is C=C(NCC1CCC(Nc2nc(N(C)C)c3ccccc3n2)CC1)C1=CCC=C([N+](=O)OC)C(C)=C1. The molecule has 0 unspecified atom stereocenters. The topological polar surface area (TPSA) is 82.4 Å². The highest BCUT2D eigenvalue weighted by atomic mass is 16.8. The minimum absolute atomic E-state index is 0.371. The van der Waals surface area contributed by atoms with Gasteiger partial charge in [0, 0.05) is 49.4 Å². The van der Waals surface area contributed by atoms with E-state index < -0.39 is 0 Å². The van der Waals surface area contributed by atoms with Crippen molar-refractivity contribution in [3.8, 4) is 0 Å². The second-order valence-electron chi connectivity index (χ2n) is 9.76. The average molecular weight is 490 g/mol. The van der Waals surface area contributed by atoms with Crippen molar-refractivity contribution < 1.29 is 9.76 Å². The zero-order valence-corrected chi connectivity index (χ0v) is 21.8. The van der Waals surface area contributed by atoms with E-state index in [4.69, 9.17) is 14.8 Å². The summed E-state index contributed by atoms with van der Waals surface area (Å²) < 4.78 is 0. The Morgan fingerprint density at radius 2 is 1.92 bits per heavy atom. The van der Waals surface area contributed by atoms with E-state index in [1.54, 1.807) is 0 Å². The van der Waals surface area contributed by atoms with Gasteiger partial charge in [-0.2, -0.15) is 4.98 Å². The highest BCUT2D eigenvalue weighted by molar-refractivity contribution is 5.90. The van der Waals surface area contributed by atoms with Gasteiger partial charge in [0.05, 0.1) is 10.4 Å². The van der Waals surface area contributed by atoms with E-state index in [1.807, 2.05) is 56.3 Å². The molecule has 8 nitrogen and oxygen atoms in total. The van der Waals surface area contributed by atoms with E-state index in [9.17, 15) is 4.91 Å². The van der Waals surface area contributed by atoms with Gasteiger partial charge in [0.1, 0.15) is 5.82 Å². The maximum atomic E-state index is 11.9. The Balaban J connectivity index is 1.29. The fourth-order valence-corrected chi connectivity index (χ4v) is 4.88. The average Bonchev–Trinajstić information content (AvgIpc) is 3.08. The lowest BCUT2D eigenvalue weighted by atomic mass is 9.86. The molecule has 4 rings (SSSR count). The molecule has 0 aliphatic heterocycles. The molecule has 36 heavy (non-hydrogen) atoms. The molecule has 1 heterocycles. The van der Waals surface area contributed by atoms with E-state index in [1.165, 1.54) is 7.11 Å². The van der Waals surface area contributed by atoms with Crippen LogP contribution >= 0.6 is 0 Å². The normalized spacial score (nSPS) is 19.9. The third-order valence-electron chi connectivity index (χ3n) is 6.93. The predicted molar refractivity (Wildman–Crippen MR) is 146 cm³/mol. The first-order valence-electron chi connectivity index (χ1n) is 12.6. The van der Waals surface area contributed by atoms with Gasteiger partial charge in [-0.25, -0.2) is 9.82 Å². The quantitative estimate of drug-likeness (QED) is 0.464. The summed E-state index contributed by atoms with van der Waals surface area (Å²) in [6, 6.07) is 8.51. The van der Waals surface area contributed by atoms with Crippen molar-refractivity contribution in [1.29, 1.82) is 0 Å². The number of nitrogens with zero attached hydrogens (tertiary/aromatic N) is 4. The number of anilines is 2. The number of fused-ring (bicyclic) bond motifs is 1. The van der Waals surface area contributed by atoms with Crippen LogP contribution in [0.15, 0.2) is 71.6 Å². The summed E-state index contributed by atoms with van der Waals surface area (Å²) >= 11 is 0. The summed E-state index contributed by atoms with van der Waals surface area (Å²) in [6.07, 6.45) is 11.0. The predicted octanol–water partition coefficient (Wildman–Crippen LogP) is 5.27. The van der Waals surface area contributed by atoms with Crippen LogP contribution in [0.5, 0.6) is 0 Å². The molecule has 2 N–H and O–H groups in total. The third-order valence-corrected chi connectivity index (χ3v) is 6.93. The van der Waals surface area contributed by atoms with Gasteiger partial charge in [-0.05, 0) is 68.7 Å². The molecule has 8 heteroatoms. The molecular weight excluding hydrogens is 452 g/mol. The molecule has 0 bridgehead atoms. The van der Waals surface area contributed by atoms with Crippen LogP contribution in [0.2, 0.25) is 0 Å². The summed E-state index contributed by atoms with van der Waals surface area (Å²) in [5.74, 6) is 2.22. The smallest absolute Gasteiger partial charge is 0.316 e. The van der Waals surface area contributed by atoms with Crippen LogP contribution in [0, 0.1) is 10.8 Å². The first-order chi connectivity index (χ1) is 17.4. The number of hydrogen-bond acceptors (Lipinski definition) is 7. The van der Waals surface area contributed by atoms with Crippen molar-refractivity contribution in [1.82, 2.24) is 15.3 Å². The molecule has 1 aromatic carbocycles. The summed E-state index contributed by atoms with van der Waals surface area (Å²) in [6.45, 7) is 7.05. The van der Waals surface area contributed by atoms with E-state index in [0.29, 0.717) is 34.9 Å². The van der Waals surface area contributed by atoms with Gasteiger partial charge in [-0.15, -0.1) is 0 Å². The second-order valence-corrected chi connectivity index (χ2v) is 9.76. The van der Waals surface area contributed by atoms with Gasteiger partial charge in [-0.1, -0.05) is 24.8 Å². The fourth-order valence-electron chi connectivity index (χ4n) is 4.88. The van der Waals surface area contributed by atoms with Crippen molar-refractivity contribution in [2.75, 3.05) is 38.0 Å². The van der Waals surface area contributed by atoms with E-state index in [-0.39, 0.29) is 0 Å². The Morgan fingerprint density at radius 1 is 1.17 bits per heavy atom. The van der Waals surface area contributed by atoms with Crippen molar-refractivity contribution in [2.24, 2.45) is 5.92 Å². The lowest BCUT2D eigenvalue weighted by Crippen LogP contribution is -2.31. The van der Waals surface area contributed by atoms with Crippen molar-refractivity contribution in [3.63, 3.8) is 0 Å². The molecule has 0 spiro atoms. The molecule has 0 amide bonds. The van der Waals surface area contributed by atoms with Crippen LogP contribution in [-0.2, 0) is 4.84 Å². The minimum Gasteiger partial charge on any atom is -0.385 e. The molecule has 2 aliphatic rings. The molecule has 0 radical (unpaired) electrons. The highest BCUT2D eigenvalue weighted by Gasteiger charge is 2.24. The monoisotopic (exact) mass is 489 g/mol. The van der Waals surface area contributed by atoms with Gasteiger partial charge in [0.2, 0.25) is 5.95 Å². The summed E-state index contributed by atoms with van der Waals surface area (Å²) in [4.78, 5) is 28.8. The maximum Gasteiger partial charge on any atom is 0.316 e. The third kappa shape index (κ3) is 5.93. The first kappa shape index (κ1) is 25.4. The van der Waals surface area contributed by atoms with Gasteiger partial charge in [-0.3, -0.25) is 0 Å². The fraction of sp³-hybridized carbons (Fsp3) is 0.429. The Labute approximate surface area is 213 Å². The largest absolute Gasteiger partial charge is 0.385 e. The summed E-state index contributed by atoms with van der Waals surface area (Å²) in [7, 11) is 5.40. The number of allylic oxidation sites excluding steroid dienone is 4. The van der Waals surface area contributed by atoms with Crippen LogP contribution < -0.4 is 15.5 Å². The van der Waals surface area contributed by atoms with E-state index in [0.717, 1.165) is 65.8 Å². The van der Waals surface area contributed by atoms with Crippen LogP contribution in [-0.4, -0.2) is 48.7 Å². The number of nitrogens with one attached hydrogen (secondary N) is 2. The van der Waals surface area contributed by atoms with E-state index in [2.05, 4.69) is 29.4 Å². The Morgan fingerprint density at radius 3 is 2.64 bits per heavy atom. The second kappa shape index (κ2) is 11.4. The van der Waals surface area contributed by atoms with Crippen LogP contribution in [0.1, 0.15) is 39.0 Å². The zero-order chi connectivity index (χ0) is 25.7. The van der Waals surface area contributed by atoms with Gasteiger partial charge < -0.3 is 15.5 Å². The Bertz CT molecular complexity index is 1220. The maximum absolute atomic E-state index is 11.9. The van der Waals surface area contributed by atoms with Crippen molar-refractivity contribution in [2.45, 2.75) is 45.1 Å². The Hall–Kier alpha value is -3.68. The molecule has 2 aromatic rings. The minimum atomic E-state index is 0.371. The zero-order valence-electron chi connectivity index (χ0n) is 21.8. The van der Waals surface area contributed by atoms with Gasteiger partial charge in [0.25, 0.3) is 4.92 Å². The van der Waals surface area contributed by atoms with Crippen LogP contribution in [0.25, 0.3) is 10.9 Å². The lowest BCUT2D eigenvalue weighted by Gasteiger charge is -2.30. The molecule has 190 valence electrons. The van der Waals surface area contributed by atoms with Crippen molar-refractivity contribution in [3.05, 3.63) is 76.5 Å². The number of aromatic nitrogens is 2. The Kier molecular flexibility index (Phi) is 8.03. The van der Waals surface area contributed by atoms with Crippen molar-refractivity contribution >= 4 is 22.7 Å². The standard InChI is InChI=1S/C28H37N6O2/c1-19-17-22(9-8-12-26(19)34(35)36-5)20(2)29-18-21-13-15-23(16-14-21)30-28-31-25-11-7-6-10-24(25)27(32-28)33(3)4/h6-7,9-12,17,21,23,29H,2,8,13-16,18H2,1,3-5H3,(H,30,31,32)/q+1. The number of benzene rings is 1. The molecule has 0 atom stereocenters. The van der Waals surface area contributed by atoms with Crippen LogP contribution in [0.3, 0.4) is 0 Å². The highest BCUT2D eigenvalue weighted by Crippen LogP contribution is 2.29. The lowest BCUT2D eigenvalue weighted by molar-refractivity contribution is -0.759. The molecule has 1 saturated carbocycles. The molecule has 1 fully saturated rings. The first-order valence-corrected chi connectivity index (χ1v) is 12.6. The van der Waals surface area contributed by atoms with Gasteiger partial charge in [0.15, 0.2) is 7.11 Å². The van der Waals surface area contributed by atoms with Crippen LogP contribution in [0.4, 0.5) is 11.8 Å². The van der Waals surface area contributed by atoms with E-state index >= 15 is 0 Å². The molecular formula is C28H37N6O2+. The number of rotatable bonds is 9. The summed E-state index contributed by atoms with van der Waals surface area (Å²) in [5.41, 5.74) is 4.26. The molecule has 2 aliphatic carbocycles.